The number of benzene rings is 2. The Kier molecular flexibility index (Phi) is 3.61. The highest BCUT2D eigenvalue weighted by Gasteiger charge is 2.19. The van der Waals surface area contributed by atoms with E-state index in [0.717, 1.165) is 0 Å². The molecule has 0 saturated heterocycles. The number of nitro benzene ring substituents is 1. The molecule has 118 valence electrons. The Morgan fingerprint density at radius 3 is 2.65 bits per heavy atom. The van der Waals surface area contributed by atoms with Gasteiger partial charge in [-0.25, -0.2) is 4.98 Å². The number of aromatic nitrogens is 1. The number of fused-ring (bicyclic) bond motifs is 1. The van der Waals surface area contributed by atoms with Gasteiger partial charge >= 0.3 is 0 Å². The number of hydrogen-bond donors (Lipinski definition) is 0. The minimum absolute atomic E-state index is 0.0209. The summed E-state index contributed by atoms with van der Waals surface area (Å²) < 4.78 is 16.4. The Morgan fingerprint density at radius 2 is 2.00 bits per heavy atom. The fraction of sp³-hybridized carbons (Fsp3) is 0.188. The van der Waals surface area contributed by atoms with Crippen molar-refractivity contribution in [3.63, 3.8) is 0 Å². The lowest BCUT2D eigenvalue weighted by Gasteiger charge is -2.09. The third kappa shape index (κ3) is 2.46. The highest BCUT2D eigenvalue weighted by molar-refractivity contribution is 5.83. The largest absolute Gasteiger partial charge is 0.493 e. The Labute approximate surface area is 131 Å². The third-order valence-electron chi connectivity index (χ3n) is 3.50. The predicted octanol–water partition coefficient (Wildman–Crippen LogP) is 3.73. The van der Waals surface area contributed by atoms with Crippen molar-refractivity contribution in [1.29, 1.82) is 0 Å². The summed E-state index contributed by atoms with van der Waals surface area (Å²) in [6.07, 6.45) is 0. The van der Waals surface area contributed by atoms with Gasteiger partial charge in [0, 0.05) is 17.7 Å². The van der Waals surface area contributed by atoms with Gasteiger partial charge in [0.25, 0.3) is 5.69 Å². The van der Waals surface area contributed by atoms with E-state index in [9.17, 15) is 10.1 Å². The molecule has 0 spiro atoms. The molecule has 0 aliphatic heterocycles. The number of hydrogen-bond acceptors (Lipinski definition) is 6. The molecule has 0 unspecified atom stereocenters. The Morgan fingerprint density at radius 1 is 1.22 bits per heavy atom. The summed E-state index contributed by atoms with van der Waals surface area (Å²) in [5.41, 5.74) is 2.18. The average Bonchev–Trinajstić information content (AvgIpc) is 2.98. The zero-order valence-electron chi connectivity index (χ0n) is 12.8. The first kappa shape index (κ1) is 14.8. The number of aryl methyl sites for hydroxylation is 1. The van der Waals surface area contributed by atoms with Gasteiger partial charge in [-0.05, 0) is 19.1 Å². The van der Waals surface area contributed by atoms with Crippen LogP contribution in [0.1, 0.15) is 5.56 Å². The monoisotopic (exact) mass is 314 g/mol. The molecule has 3 aromatic rings. The van der Waals surface area contributed by atoms with Gasteiger partial charge in [0.15, 0.2) is 17.1 Å². The molecular weight excluding hydrogens is 300 g/mol. The van der Waals surface area contributed by atoms with Crippen molar-refractivity contribution in [2.24, 2.45) is 0 Å². The van der Waals surface area contributed by atoms with E-state index in [1.165, 1.54) is 19.2 Å². The lowest BCUT2D eigenvalue weighted by molar-refractivity contribution is -0.384. The van der Waals surface area contributed by atoms with Crippen molar-refractivity contribution in [2.45, 2.75) is 6.92 Å². The SMILES string of the molecule is COc1cccc(-c2nc3cc([N+](=O)[O-])cc(C)c3o2)c1OC. The number of ether oxygens (including phenoxy) is 2. The van der Waals surface area contributed by atoms with Crippen molar-refractivity contribution in [3.8, 4) is 23.0 Å². The highest BCUT2D eigenvalue weighted by atomic mass is 16.6. The van der Waals surface area contributed by atoms with Crippen molar-refractivity contribution in [1.82, 2.24) is 4.98 Å². The van der Waals surface area contributed by atoms with E-state index in [1.54, 1.807) is 32.2 Å². The summed E-state index contributed by atoms with van der Waals surface area (Å²) in [7, 11) is 3.07. The number of para-hydroxylation sites is 1. The van der Waals surface area contributed by atoms with Gasteiger partial charge in [-0.3, -0.25) is 10.1 Å². The summed E-state index contributed by atoms with van der Waals surface area (Å²) in [4.78, 5) is 14.9. The van der Waals surface area contributed by atoms with Crippen LogP contribution >= 0.6 is 0 Å². The van der Waals surface area contributed by atoms with Gasteiger partial charge in [-0.2, -0.15) is 0 Å². The maximum atomic E-state index is 11.0. The molecule has 0 bridgehead atoms. The molecule has 0 atom stereocenters. The van der Waals surface area contributed by atoms with E-state index < -0.39 is 4.92 Å². The molecule has 0 amide bonds. The van der Waals surface area contributed by atoms with Crippen LogP contribution in [0.5, 0.6) is 11.5 Å². The topological polar surface area (TPSA) is 87.6 Å². The quantitative estimate of drug-likeness (QED) is 0.538. The highest BCUT2D eigenvalue weighted by Crippen LogP contribution is 2.39. The van der Waals surface area contributed by atoms with Crippen LogP contribution in [0.25, 0.3) is 22.6 Å². The molecule has 0 N–H and O–H groups in total. The first-order valence-corrected chi connectivity index (χ1v) is 6.82. The molecule has 0 fully saturated rings. The van der Waals surface area contributed by atoms with E-state index in [0.29, 0.717) is 39.6 Å². The summed E-state index contributed by atoms with van der Waals surface area (Å²) in [6, 6.07) is 8.19. The lowest BCUT2D eigenvalue weighted by Crippen LogP contribution is -1.93. The molecule has 7 heteroatoms. The Hall–Kier alpha value is -3.09. The van der Waals surface area contributed by atoms with Crippen molar-refractivity contribution in [2.75, 3.05) is 14.2 Å². The van der Waals surface area contributed by atoms with Crippen molar-refractivity contribution >= 4 is 16.8 Å². The van der Waals surface area contributed by atoms with Gasteiger partial charge in [0.1, 0.15) is 5.52 Å². The number of oxazole rings is 1. The third-order valence-corrected chi connectivity index (χ3v) is 3.50. The summed E-state index contributed by atoms with van der Waals surface area (Å²) in [5, 5.41) is 11.0. The maximum Gasteiger partial charge on any atom is 0.272 e. The van der Waals surface area contributed by atoms with E-state index >= 15 is 0 Å². The second-order valence-electron chi connectivity index (χ2n) is 4.93. The fourth-order valence-corrected chi connectivity index (χ4v) is 2.46. The van der Waals surface area contributed by atoms with E-state index in [2.05, 4.69) is 4.98 Å². The van der Waals surface area contributed by atoms with Gasteiger partial charge in [-0.1, -0.05) is 6.07 Å². The normalized spacial score (nSPS) is 10.7. The van der Waals surface area contributed by atoms with Crippen LogP contribution in [0.3, 0.4) is 0 Å². The van der Waals surface area contributed by atoms with Gasteiger partial charge in [0.2, 0.25) is 5.89 Å². The second kappa shape index (κ2) is 5.60. The predicted molar refractivity (Wildman–Crippen MR) is 83.9 cm³/mol. The molecule has 2 aromatic carbocycles. The summed E-state index contributed by atoms with van der Waals surface area (Å²) in [6.45, 7) is 1.74. The summed E-state index contributed by atoms with van der Waals surface area (Å²) >= 11 is 0. The minimum Gasteiger partial charge on any atom is -0.493 e. The first-order chi connectivity index (χ1) is 11.0. The Bertz CT molecular complexity index is 901. The number of rotatable bonds is 4. The van der Waals surface area contributed by atoms with Crippen LogP contribution in [-0.4, -0.2) is 24.1 Å². The molecule has 3 rings (SSSR count). The molecule has 1 heterocycles. The number of non-ortho nitro benzene ring substituents is 1. The van der Waals surface area contributed by atoms with Crippen molar-refractivity contribution in [3.05, 3.63) is 46.0 Å². The zero-order chi connectivity index (χ0) is 16.6. The second-order valence-corrected chi connectivity index (χ2v) is 4.93. The molecule has 0 saturated carbocycles. The molecule has 0 aliphatic rings. The number of methoxy groups -OCH3 is 2. The van der Waals surface area contributed by atoms with Crippen LogP contribution in [0.2, 0.25) is 0 Å². The fourth-order valence-electron chi connectivity index (χ4n) is 2.46. The van der Waals surface area contributed by atoms with Crippen LogP contribution in [0.4, 0.5) is 5.69 Å². The van der Waals surface area contributed by atoms with Crippen LogP contribution in [0.15, 0.2) is 34.7 Å². The van der Waals surface area contributed by atoms with Gasteiger partial charge < -0.3 is 13.9 Å². The van der Waals surface area contributed by atoms with Crippen LogP contribution in [0, 0.1) is 17.0 Å². The van der Waals surface area contributed by atoms with Crippen molar-refractivity contribution < 1.29 is 18.8 Å². The van der Waals surface area contributed by atoms with Crippen LogP contribution < -0.4 is 9.47 Å². The smallest absolute Gasteiger partial charge is 0.272 e. The Balaban J connectivity index is 2.22. The number of nitrogens with zero attached hydrogens (tertiary/aromatic N) is 2. The molecule has 0 radical (unpaired) electrons. The van der Waals surface area contributed by atoms with Crippen LogP contribution in [-0.2, 0) is 0 Å². The van der Waals surface area contributed by atoms with Gasteiger partial charge in [-0.15, -0.1) is 0 Å². The van der Waals surface area contributed by atoms with E-state index in [1.807, 2.05) is 0 Å². The zero-order valence-corrected chi connectivity index (χ0v) is 12.8. The summed E-state index contributed by atoms with van der Waals surface area (Å²) in [5.74, 6) is 1.36. The number of nitro groups is 1. The van der Waals surface area contributed by atoms with Gasteiger partial charge in [0.05, 0.1) is 24.7 Å². The standard InChI is InChI=1S/C16H14N2O5/c1-9-7-10(18(19)20)8-12-14(9)23-16(17-12)11-5-4-6-13(21-2)15(11)22-3/h4-8H,1-3H3. The lowest BCUT2D eigenvalue weighted by atomic mass is 10.2. The first-order valence-electron chi connectivity index (χ1n) is 6.82. The van der Waals surface area contributed by atoms with E-state index in [4.69, 9.17) is 13.9 Å². The molecule has 0 aliphatic carbocycles. The minimum atomic E-state index is -0.451. The molecule has 23 heavy (non-hydrogen) atoms. The van der Waals surface area contributed by atoms with E-state index in [-0.39, 0.29) is 5.69 Å². The maximum absolute atomic E-state index is 11.0. The average molecular weight is 314 g/mol. The molecule has 1 aromatic heterocycles. The molecule has 7 nitrogen and oxygen atoms in total. The molecular formula is C16H14N2O5.